The molecular formula is C45H29N3. The number of fused-ring (bicyclic) bond motifs is 8. The first kappa shape index (κ1) is 26.7. The van der Waals surface area contributed by atoms with Crippen molar-refractivity contribution in [3.05, 3.63) is 176 Å². The van der Waals surface area contributed by atoms with Crippen LogP contribution in [-0.2, 0) is 0 Å². The number of rotatable bonds is 4. The van der Waals surface area contributed by atoms with Crippen LogP contribution in [0.4, 0.5) is 0 Å². The zero-order chi connectivity index (χ0) is 31.6. The fraction of sp³-hybridized carbons (Fsp3) is 0. The largest absolute Gasteiger partial charge is 0.307 e. The van der Waals surface area contributed by atoms with Gasteiger partial charge in [0.15, 0.2) is 0 Å². The third-order valence-electron chi connectivity index (χ3n) is 9.69. The third kappa shape index (κ3) is 4.04. The number of hydrogen-bond acceptors (Lipinski definition) is 1. The summed E-state index contributed by atoms with van der Waals surface area (Å²) in [6.45, 7) is 0. The van der Waals surface area contributed by atoms with Crippen LogP contribution < -0.4 is 0 Å². The van der Waals surface area contributed by atoms with E-state index in [1.807, 2.05) is 12.3 Å². The molecule has 224 valence electrons. The normalized spacial score (nSPS) is 11.8. The molecule has 10 aromatic rings. The van der Waals surface area contributed by atoms with E-state index in [1.54, 1.807) is 0 Å². The fourth-order valence-corrected chi connectivity index (χ4v) is 7.55. The van der Waals surface area contributed by atoms with Crippen molar-refractivity contribution in [2.24, 2.45) is 0 Å². The molecule has 0 radical (unpaired) electrons. The molecule has 7 aromatic carbocycles. The van der Waals surface area contributed by atoms with E-state index < -0.39 is 0 Å². The standard InChI is InChI=1S/C45H29N3/c1-3-13-30(14-4-1)33-25-34(31-15-5-2-6-16-31)28-35(27-33)47-42-21-11-8-18-37(42)39-23-24-40-38-19-9-12-22-43(38)48(45(40)44(39)47)36-26-32-17-7-10-20-41(32)46-29-36/h1-29H. The SMILES string of the molecule is c1ccc(-c2cc(-c3ccccc3)cc(-n3c4ccccc4c4ccc5c6ccccc6n(-c6cnc7ccccc7c6)c5c43)c2)cc1. The average Bonchev–Trinajstić information content (AvgIpc) is 3.68. The van der Waals surface area contributed by atoms with Crippen LogP contribution in [0.25, 0.3) is 88.1 Å². The van der Waals surface area contributed by atoms with E-state index in [0.29, 0.717) is 0 Å². The van der Waals surface area contributed by atoms with Crippen molar-refractivity contribution in [2.75, 3.05) is 0 Å². The van der Waals surface area contributed by atoms with Gasteiger partial charge >= 0.3 is 0 Å². The third-order valence-corrected chi connectivity index (χ3v) is 9.69. The Morgan fingerprint density at radius 3 is 1.46 bits per heavy atom. The molecule has 3 heteroatoms. The topological polar surface area (TPSA) is 22.8 Å². The molecule has 0 amide bonds. The molecule has 0 aliphatic heterocycles. The summed E-state index contributed by atoms with van der Waals surface area (Å²) in [5.41, 5.74) is 12.6. The quantitative estimate of drug-likeness (QED) is 0.194. The fourth-order valence-electron chi connectivity index (χ4n) is 7.55. The van der Waals surface area contributed by atoms with E-state index in [4.69, 9.17) is 4.98 Å². The van der Waals surface area contributed by atoms with E-state index in [2.05, 4.69) is 173 Å². The second kappa shape index (κ2) is 10.5. The Kier molecular flexibility index (Phi) is 5.87. The van der Waals surface area contributed by atoms with Crippen molar-refractivity contribution in [2.45, 2.75) is 0 Å². The molecule has 0 bridgehead atoms. The number of pyridine rings is 1. The van der Waals surface area contributed by atoms with Gasteiger partial charge in [0.1, 0.15) is 0 Å². The molecule has 48 heavy (non-hydrogen) atoms. The maximum atomic E-state index is 4.92. The summed E-state index contributed by atoms with van der Waals surface area (Å²) < 4.78 is 4.90. The molecule has 3 heterocycles. The van der Waals surface area contributed by atoms with Gasteiger partial charge in [-0.1, -0.05) is 127 Å². The molecular weight excluding hydrogens is 583 g/mol. The summed E-state index contributed by atoms with van der Waals surface area (Å²) in [5.74, 6) is 0. The first-order valence-electron chi connectivity index (χ1n) is 16.4. The van der Waals surface area contributed by atoms with E-state index in [1.165, 1.54) is 60.3 Å². The number of benzene rings is 7. The Morgan fingerprint density at radius 2 is 0.854 bits per heavy atom. The van der Waals surface area contributed by atoms with E-state index in [0.717, 1.165) is 27.8 Å². The van der Waals surface area contributed by atoms with Crippen LogP contribution in [0.3, 0.4) is 0 Å². The Balaban J connectivity index is 1.38. The second-order valence-corrected chi connectivity index (χ2v) is 12.4. The Hall–Kier alpha value is -6.45. The highest BCUT2D eigenvalue weighted by atomic mass is 15.0. The zero-order valence-electron chi connectivity index (χ0n) is 26.1. The smallest absolute Gasteiger partial charge is 0.0789 e. The summed E-state index contributed by atoms with van der Waals surface area (Å²) in [6.07, 6.45) is 2.02. The van der Waals surface area contributed by atoms with Gasteiger partial charge < -0.3 is 9.13 Å². The number of hydrogen-bond donors (Lipinski definition) is 0. The van der Waals surface area contributed by atoms with E-state index in [-0.39, 0.29) is 0 Å². The molecule has 0 aliphatic rings. The van der Waals surface area contributed by atoms with E-state index >= 15 is 0 Å². The highest BCUT2D eigenvalue weighted by Crippen LogP contribution is 2.42. The van der Waals surface area contributed by atoms with Gasteiger partial charge in [-0.15, -0.1) is 0 Å². The molecule has 0 atom stereocenters. The number of aromatic nitrogens is 3. The molecule has 0 N–H and O–H groups in total. The van der Waals surface area contributed by atoms with Crippen LogP contribution in [-0.4, -0.2) is 14.1 Å². The van der Waals surface area contributed by atoms with Crippen molar-refractivity contribution in [3.8, 4) is 33.6 Å². The van der Waals surface area contributed by atoms with Gasteiger partial charge in [-0.3, -0.25) is 4.98 Å². The number of para-hydroxylation sites is 3. The molecule has 3 nitrogen and oxygen atoms in total. The van der Waals surface area contributed by atoms with Crippen molar-refractivity contribution >= 4 is 54.5 Å². The minimum Gasteiger partial charge on any atom is -0.307 e. The molecule has 10 rings (SSSR count). The Morgan fingerprint density at radius 1 is 0.354 bits per heavy atom. The molecule has 0 saturated carbocycles. The van der Waals surface area contributed by atoms with Crippen LogP contribution in [0.1, 0.15) is 0 Å². The lowest BCUT2D eigenvalue weighted by Gasteiger charge is -2.16. The lowest BCUT2D eigenvalue weighted by molar-refractivity contribution is 1.14. The molecule has 0 aliphatic carbocycles. The van der Waals surface area contributed by atoms with Gasteiger partial charge in [0.2, 0.25) is 0 Å². The van der Waals surface area contributed by atoms with Crippen LogP contribution in [0, 0.1) is 0 Å². The van der Waals surface area contributed by atoms with Crippen molar-refractivity contribution < 1.29 is 0 Å². The molecule has 0 unspecified atom stereocenters. The highest BCUT2D eigenvalue weighted by Gasteiger charge is 2.22. The maximum absolute atomic E-state index is 4.92. The molecule has 0 saturated heterocycles. The highest BCUT2D eigenvalue weighted by molar-refractivity contribution is 6.24. The van der Waals surface area contributed by atoms with Crippen LogP contribution in [0.5, 0.6) is 0 Å². The summed E-state index contributed by atoms with van der Waals surface area (Å²) in [6, 6.07) is 61.2. The van der Waals surface area contributed by atoms with Crippen molar-refractivity contribution in [1.29, 1.82) is 0 Å². The maximum Gasteiger partial charge on any atom is 0.0789 e. The minimum absolute atomic E-state index is 0.993. The van der Waals surface area contributed by atoms with Crippen molar-refractivity contribution in [3.63, 3.8) is 0 Å². The second-order valence-electron chi connectivity index (χ2n) is 12.4. The van der Waals surface area contributed by atoms with Crippen LogP contribution in [0.15, 0.2) is 176 Å². The zero-order valence-corrected chi connectivity index (χ0v) is 26.1. The Labute approximate surface area is 277 Å². The monoisotopic (exact) mass is 611 g/mol. The Bertz CT molecular complexity index is 2770. The van der Waals surface area contributed by atoms with Gasteiger partial charge in [-0.05, 0) is 64.7 Å². The lowest BCUT2D eigenvalue weighted by Crippen LogP contribution is -2.00. The minimum atomic E-state index is 0.993. The van der Waals surface area contributed by atoms with Crippen LogP contribution in [0.2, 0.25) is 0 Å². The first-order valence-corrected chi connectivity index (χ1v) is 16.4. The molecule has 0 spiro atoms. The van der Waals surface area contributed by atoms with Gasteiger partial charge in [-0.2, -0.15) is 0 Å². The summed E-state index contributed by atoms with van der Waals surface area (Å²) in [7, 11) is 0. The summed E-state index contributed by atoms with van der Waals surface area (Å²) in [5, 5.41) is 6.02. The average molecular weight is 612 g/mol. The van der Waals surface area contributed by atoms with Gasteiger partial charge in [-0.25, -0.2) is 0 Å². The summed E-state index contributed by atoms with van der Waals surface area (Å²) >= 11 is 0. The van der Waals surface area contributed by atoms with Crippen molar-refractivity contribution in [1.82, 2.24) is 14.1 Å². The predicted molar refractivity (Wildman–Crippen MR) is 201 cm³/mol. The number of nitrogens with zero attached hydrogens (tertiary/aromatic N) is 3. The van der Waals surface area contributed by atoms with Gasteiger partial charge in [0, 0.05) is 32.6 Å². The van der Waals surface area contributed by atoms with Crippen LogP contribution >= 0.6 is 0 Å². The predicted octanol–water partition coefficient (Wildman–Crippen LogP) is 11.8. The van der Waals surface area contributed by atoms with E-state index in [9.17, 15) is 0 Å². The summed E-state index contributed by atoms with van der Waals surface area (Å²) in [4.78, 5) is 4.92. The first-order chi connectivity index (χ1) is 23.8. The molecule has 3 aromatic heterocycles. The lowest BCUT2D eigenvalue weighted by atomic mass is 9.98. The van der Waals surface area contributed by atoms with Gasteiger partial charge in [0.05, 0.1) is 39.5 Å². The molecule has 0 fully saturated rings. The van der Waals surface area contributed by atoms with Gasteiger partial charge in [0.25, 0.3) is 0 Å².